The molecule has 2 aliphatic rings. The monoisotopic (exact) mass is 679 g/mol. The first-order valence-corrected chi connectivity index (χ1v) is 17.7. The van der Waals surface area contributed by atoms with E-state index in [0.29, 0.717) is 18.4 Å². The number of hydrogen-bond donors (Lipinski definition) is 0. The molecule has 0 radical (unpaired) electrons. The summed E-state index contributed by atoms with van der Waals surface area (Å²) in [6, 6.07) is 39.4. The molecule has 1 saturated carbocycles. The Bertz CT molecular complexity index is 1600. The number of nitrogens with zero attached hydrogens (tertiary/aromatic N) is 3. The van der Waals surface area contributed by atoms with Gasteiger partial charge in [-0.2, -0.15) is 0 Å². The maximum Gasteiger partial charge on any atom is 0.410 e. The fourth-order valence-corrected chi connectivity index (χ4v) is 7.73. The molecule has 2 amide bonds. The van der Waals surface area contributed by atoms with Gasteiger partial charge in [-0.15, -0.1) is 12.4 Å². The normalized spacial score (nSPS) is 19.5. The number of carbonyl (C=O) groups excluding carboxylic acids is 2. The van der Waals surface area contributed by atoms with E-state index in [2.05, 4.69) is 66.4 Å². The van der Waals surface area contributed by atoms with Crippen LogP contribution in [-0.2, 0) is 11.3 Å². The van der Waals surface area contributed by atoms with Gasteiger partial charge in [-0.1, -0.05) is 110 Å². The standard InChI is InChI=1S/C42H49N3O3.ClH/c1-3-25-45(42(47)48-31-32-19-21-34(22-20-32)33-13-7-4-8-14-33)38-23-26-44(27-24-38)30-37-28-39(29-40(37)35-15-9-5-10-16-35)43(2)41(46)36-17-11-6-12-18-36;/h4-22,37-40H,3,23-31H2,1-2H3;1H. The molecule has 258 valence electrons. The van der Waals surface area contributed by atoms with Gasteiger partial charge in [0.05, 0.1) is 0 Å². The number of benzene rings is 4. The third-order valence-electron chi connectivity index (χ3n) is 10.4. The van der Waals surface area contributed by atoms with E-state index >= 15 is 0 Å². The van der Waals surface area contributed by atoms with Gasteiger partial charge in [0.15, 0.2) is 0 Å². The number of likely N-dealkylation sites (tertiary alicyclic amines) is 1. The number of hydrogen-bond acceptors (Lipinski definition) is 4. The van der Waals surface area contributed by atoms with Crippen molar-refractivity contribution in [1.29, 1.82) is 0 Å². The molecule has 6 rings (SSSR count). The maximum absolute atomic E-state index is 13.4. The third-order valence-corrected chi connectivity index (χ3v) is 10.4. The van der Waals surface area contributed by atoms with E-state index in [9.17, 15) is 9.59 Å². The molecular formula is C42H50ClN3O3. The highest BCUT2D eigenvalue weighted by atomic mass is 35.5. The molecule has 1 aliphatic carbocycles. The second-order valence-corrected chi connectivity index (χ2v) is 13.5. The van der Waals surface area contributed by atoms with Gasteiger partial charge in [-0.05, 0) is 78.3 Å². The van der Waals surface area contributed by atoms with Crippen LogP contribution < -0.4 is 0 Å². The predicted molar refractivity (Wildman–Crippen MR) is 200 cm³/mol. The zero-order chi connectivity index (χ0) is 33.3. The van der Waals surface area contributed by atoms with Gasteiger partial charge in [0, 0.05) is 50.9 Å². The van der Waals surface area contributed by atoms with Crippen LogP contribution in [-0.4, -0.2) is 72.0 Å². The van der Waals surface area contributed by atoms with Gasteiger partial charge in [0.1, 0.15) is 6.61 Å². The molecular weight excluding hydrogens is 630 g/mol. The van der Waals surface area contributed by atoms with Crippen molar-refractivity contribution in [2.75, 3.05) is 33.2 Å². The van der Waals surface area contributed by atoms with Crippen LogP contribution in [0.15, 0.2) is 115 Å². The average Bonchev–Trinajstić information content (AvgIpc) is 3.57. The highest BCUT2D eigenvalue weighted by Crippen LogP contribution is 2.42. The van der Waals surface area contributed by atoms with E-state index in [0.717, 1.165) is 68.4 Å². The Morgan fingerprint density at radius 2 is 1.35 bits per heavy atom. The van der Waals surface area contributed by atoms with Crippen LogP contribution in [0.1, 0.15) is 66.4 Å². The summed E-state index contributed by atoms with van der Waals surface area (Å²) in [4.78, 5) is 33.2. The van der Waals surface area contributed by atoms with Gasteiger partial charge < -0.3 is 19.4 Å². The minimum Gasteiger partial charge on any atom is -0.445 e. The zero-order valence-electron chi connectivity index (χ0n) is 28.8. The van der Waals surface area contributed by atoms with E-state index in [-0.39, 0.29) is 43.1 Å². The fourth-order valence-electron chi connectivity index (χ4n) is 7.73. The summed E-state index contributed by atoms with van der Waals surface area (Å²) >= 11 is 0. The van der Waals surface area contributed by atoms with Crippen molar-refractivity contribution in [2.24, 2.45) is 5.92 Å². The Kier molecular flexibility index (Phi) is 12.9. The lowest BCUT2D eigenvalue weighted by Crippen LogP contribution is -2.48. The highest BCUT2D eigenvalue weighted by molar-refractivity contribution is 5.94. The topological polar surface area (TPSA) is 53.1 Å². The Morgan fingerprint density at radius 3 is 1.98 bits per heavy atom. The predicted octanol–water partition coefficient (Wildman–Crippen LogP) is 8.92. The van der Waals surface area contributed by atoms with Gasteiger partial charge in [0.25, 0.3) is 5.91 Å². The van der Waals surface area contributed by atoms with Crippen LogP contribution in [0.25, 0.3) is 11.1 Å². The molecule has 1 aliphatic heterocycles. The summed E-state index contributed by atoms with van der Waals surface area (Å²) < 4.78 is 5.87. The largest absolute Gasteiger partial charge is 0.445 e. The molecule has 7 heteroatoms. The summed E-state index contributed by atoms with van der Waals surface area (Å²) in [5.41, 5.74) is 5.44. The molecule has 4 aromatic carbocycles. The van der Waals surface area contributed by atoms with Crippen molar-refractivity contribution in [3.63, 3.8) is 0 Å². The van der Waals surface area contributed by atoms with E-state index < -0.39 is 0 Å². The summed E-state index contributed by atoms with van der Waals surface area (Å²) in [6.07, 6.45) is 4.55. The number of rotatable bonds is 11. The van der Waals surface area contributed by atoms with Crippen molar-refractivity contribution in [3.8, 4) is 11.1 Å². The van der Waals surface area contributed by atoms with Gasteiger partial charge in [0.2, 0.25) is 0 Å². The molecule has 49 heavy (non-hydrogen) atoms. The van der Waals surface area contributed by atoms with Gasteiger partial charge in [-0.3, -0.25) is 4.79 Å². The van der Waals surface area contributed by atoms with Crippen molar-refractivity contribution in [3.05, 3.63) is 132 Å². The number of amides is 2. The Balaban J connectivity index is 0.00000468. The van der Waals surface area contributed by atoms with E-state index in [1.165, 1.54) is 11.1 Å². The van der Waals surface area contributed by atoms with Crippen LogP contribution in [0, 0.1) is 5.92 Å². The zero-order valence-corrected chi connectivity index (χ0v) is 29.6. The van der Waals surface area contributed by atoms with Crippen molar-refractivity contribution in [2.45, 2.75) is 63.6 Å². The highest BCUT2D eigenvalue weighted by Gasteiger charge is 2.40. The first kappa shape index (κ1) is 36.2. The molecule has 0 N–H and O–H groups in total. The summed E-state index contributed by atoms with van der Waals surface area (Å²) in [5.74, 6) is 0.971. The van der Waals surface area contributed by atoms with Crippen molar-refractivity contribution < 1.29 is 14.3 Å². The number of piperidine rings is 1. The summed E-state index contributed by atoms with van der Waals surface area (Å²) in [6.45, 7) is 6.03. The summed E-state index contributed by atoms with van der Waals surface area (Å²) in [5, 5.41) is 0. The quantitative estimate of drug-likeness (QED) is 0.159. The molecule has 6 nitrogen and oxygen atoms in total. The molecule has 0 bridgehead atoms. The molecule has 1 saturated heterocycles. The third kappa shape index (κ3) is 9.11. The number of halogens is 1. The Hall–Kier alpha value is -4.13. The van der Waals surface area contributed by atoms with Crippen molar-refractivity contribution >= 4 is 24.4 Å². The maximum atomic E-state index is 13.4. The molecule has 2 fully saturated rings. The summed E-state index contributed by atoms with van der Waals surface area (Å²) in [7, 11) is 1.97. The van der Waals surface area contributed by atoms with Crippen LogP contribution >= 0.6 is 12.4 Å². The average molecular weight is 680 g/mol. The van der Waals surface area contributed by atoms with Crippen LogP contribution in [0.2, 0.25) is 0 Å². The van der Waals surface area contributed by atoms with Crippen LogP contribution in [0.3, 0.4) is 0 Å². The lowest BCUT2D eigenvalue weighted by molar-refractivity contribution is 0.0572. The lowest BCUT2D eigenvalue weighted by Gasteiger charge is -2.39. The van der Waals surface area contributed by atoms with E-state index in [1.807, 2.05) is 77.5 Å². The molecule has 4 aromatic rings. The Morgan fingerprint density at radius 1 is 0.755 bits per heavy atom. The first-order chi connectivity index (χ1) is 23.5. The molecule has 3 unspecified atom stereocenters. The van der Waals surface area contributed by atoms with Crippen molar-refractivity contribution in [1.82, 2.24) is 14.7 Å². The van der Waals surface area contributed by atoms with E-state index in [4.69, 9.17) is 4.74 Å². The molecule has 0 aromatic heterocycles. The molecule has 1 heterocycles. The van der Waals surface area contributed by atoms with Gasteiger partial charge in [-0.25, -0.2) is 4.79 Å². The van der Waals surface area contributed by atoms with Crippen LogP contribution in [0.5, 0.6) is 0 Å². The van der Waals surface area contributed by atoms with Gasteiger partial charge >= 0.3 is 6.09 Å². The smallest absolute Gasteiger partial charge is 0.410 e. The Labute approximate surface area is 298 Å². The molecule has 3 atom stereocenters. The second kappa shape index (κ2) is 17.5. The minimum absolute atomic E-state index is 0. The fraction of sp³-hybridized carbons (Fsp3) is 0.381. The number of carbonyl (C=O) groups is 2. The second-order valence-electron chi connectivity index (χ2n) is 13.5. The van der Waals surface area contributed by atoms with Crippen LogP contribution in [0.4, 0.5) is 4.79 Å². The van der Waals surface area contributed by atoms with E-state index in [1.54, 1.807) is 0 Å². The SMILES string of the molecule is CCCN(C(=O)OCc1ccc(-c2ccccc2)cc1)C1CCN(CC2CC(N(C)C(=O)c3ccccc3)CC2c2ccccc2)CC1.Cl. The molecule has 0 spiro atoms. The lowest BCUT2D eigenvalue weighted by atomic mass is 9.88. The first-order valence-electron chi connectivity index (χ1n) is 17.7. The number of ether oxygens (including phenoxy) is 1. The minimum atomic E-state index is -0.212.